The molecule has 0 amide bonds. The largest absolute Gasteiger partial charge is 0.494 e. The van der Waals surface area contributed by atoms with Gasteiger partial charge in [-0.3, -0.25) is 4.79 Å². The van der Waals surface area contributed by atoms with Crippen molar-refractivity contribution in [2.24, 2.45) is 11.3 Å². The van der Waals surface area contributed by atoms with Gasteiger partial charge < -0.3 is 9.84 Å². The lowest BCUT2D eigenvalue weighted by Crippen LogP contribution is -2.03. The Kier molecular flexibility index (Phi) is 2.60. The molecule has 0 heterocycles. The van der Waals surface area contributed by atoms with Crippen molar-refractivity contribution in [2.45, 2.75) is 19.8 Å². The predicted molar refractivity (Wildman–Crippen MR) is 60.6 cm³/mol. The van der Waals surface area contributed by atoms with Crippen LogP contribution in [0.25, 0.3) is 0 Å². The van der Waals surface area contributed by atoms with Crippen LogP contribution in [-0.2, 0) is 4.79 Å². The quantitative estimate of drug-likeness (QED) is 0.880. The van der Waals surface area contributed by atoms with E-state index in [9.17, 15) is 9.18 Å². The highest BCUT2D eigenvalue weighted by Gasteiger charge is 2.62. The normalized spacial score (nSPS) is 25.4. The lowest BCUT2D eigenvalue weighted by atomic mass is 10.0. The first kappa shape index (κ1) is 11.9. The van der Waals surface area contributed by atoms with Gasteiger partial charge in [-0.2, -0.15) is 0 Å². The maximum atomic E-state index is 13.3. The SMILES string of the molecule is COc1cc(C2C(C(=O)O)C2(C)C)ccc1F. The van der Waals surface area contributed by atoms with E-state index in [-0.39, 0.29) is 17.1 Å². The van der Waals surface area contributed by atoms with Crippen LogP contribution in [0.3, 0.4) is 0 Å². The highest BCUT2D eigenvalue weighted by Crippen LogP contribution is 2.64. The number of hydrogen-bond acceptors (Lipinski definition) is 2. The Labute approximate surface area is 99.2 Å². The number of carbonyl (C=O) groups is 1. The van der Waals surface area contributed by atoms with Crippen molar-refractivity contribution < 1.29 is 19.0 Å². The van der Waals surface area contributed by atoms with Crippen LogP contribution >= 0.6 is 0 Å². The first-order valence-electron chi connectivity index (χ1n) is 5.46. The zero-order chi connectivity index (χ0) is 12.8. The second-order valence-corrected chi connectivity index (χ2v) is 5.01. The summed E-state index contributed by atoms with van der Waals surface area (Å²) in [5.74, 6) is -1.55. The average molecular weight is 238 g/mol. The second kappa shape index (κ2) is 3.72. The van der Waals surface area contributed by atoms with Gasteiger partial charge in [0.1, 0.15) is 0 Å². The zero-order valence-corrected chi connectivity index (χ0v) is 10.0. The summed E-state index contributed by atoms with van der Waals surface area (Å²) >= 11 is 0. The van der Waals surface area contributed by atoms with Gasteiger partial charge >= 0.3 is 5.97 Å². The van der Waals surface area contributed by atoms with E-state index in [4.69, 9.17) is 9.84 Å². The summed E-state index contributed by atoms with van der Waals surface area (Å²) in [6, 6.07) is 4.54. The summed E-state index contributed by atoms with van der Waals surface area (Å²) in [6.07, 6.45) is 0. The van der Waals surface area contributed by atoms with Crippen LogP contribution in [0.15, 0.2) is 18.2 Å². The fraction of sp³-hybridized carbons (Fsp3) is 0.462. The van der Waals surface area contributed by atoms with E-state index in [0.717, 1.165) is 5.56 Å². The van der Waals surface area contributed by atoms with Crippen LogP contribution in [0, 0.1) is 17.2 Å². The fourth-order valence-electron chi connectivity index (χ4n) is 2.59. The standard InChI is InChI=1S/C13H15FO3/c1-13(2)10(11(13)12(15)16)7-4-5-8(14)9(6-7)17-3/h4-6,10-11H,1-3H3,(H,15,16). The summed E-state index contributed by atoms with van der Waals surface area (Å²) in [6.45, 7) is 3.82. The number of halogens is 1. The van der Waals surface area contributed by atoms with E-state index < -0.39 is 17.7 Å². The van der Waals surface area contributed by atoms with Gasteiger partial charge in [0.15, 0.2) is 11.6 Å². The van der Waals surface area contributed by atoms with Crippen LogP contribution in [0.1, 0.15) is 25.3 Å². The Morgan fingerprint density at radius 3 is 2.59 bits per heavy atom. The molecule has 1 N–H and O–H groups in total. The van der Waals surface area contributed by atoms with Gasteiger partial charge in [0, 0.05) is 5.92 Å². The summed E-state index contributed by atoms with van der Waals surface area (Å²) in [4.78, 5) is 11.1. The molecule has 2 rings (SSSR count). The van der Waals surface area contributed by atoms with Crippen LogP contribution < -0.4 is 4.74 Å². The minimum absolute atomic E-state index is 0.0745. The second-order valence-electron chi connectivity index (χ2n) is 5.01. The summed E-state index contributed by atoms with van der Waals surface area (Å²) in [5.41, 5.74) is 0.537. The summed E-state index contributed by atoms with van der Waals surface area (Å²) < 4.78 is 18.2. The van der Waals surface area contributed by atoms with Gasteiger partial charge in [-0.15, -0.1) is 0 Å². The first-order valence-corrected chi connectivity index (χ1v) is 5.46. The number of rotatable bonds is 3. The molecule has 2 unspecified atom stereocenters. The Morgan fingerprint density at radius 2 is 2.12 bits per heavy atom. The van der Waals surface area contributed by atoms with Crippen molar-refractivity contribution in [3.05, 3.63) is 29.6 Å². The molecular formula is C13H15FO3. The number of ether oxygens (including phenoxy) is 1. The van der Waals surface area contributed by atoms with Crippen molar-refractivity contribution >= 4 is 5.97 Å². The molecule has 4 heteroatoms. The minimum atomic E-state index is -0.803. The van der Waals surface area contributed by atoms with Gasteiger partial charge in [-0.05, 0) is 23.1 Å². The molecule has 0 bridgehead atoms. The van der Waals surface area contributed by atoms with E-state index in [1.54, 1.807) is 12.1 Å². The topological polar surface area (TPSA) is 46.5 Å². The number of benzene rings is 1. The van der Waals surface area contributed by atoms with Crippen molar-refractivity contribution in [1.82, 2.24) is 0 Å². The van der Waals surface area contributed by atoms with Crippen molar-refractivity contribution in [2.75, 3.05) is 7.11 Å². The van der Waals surface area contributed by atoms with Gasteiger partial charge in [0.2, 0.25) is 0 Å². The van der Waals surface area contributed by atoms with Crippen molar-refractivity contribution in [3.8, 4) is 5.75 Å². The third-order valence-electron chi connectivity index (χ3n) is 3.63. The van der Waals surface area contributed by atoms with Gasteiger partial charge in [-0.1, -0.05) is 19.9 Å². The van der Waals surface area contributed by atoms with E-state index in [2.05, 4.69) is 0 Å². The number of hydrogen-bond donors (Lipinski definition) is 1. The molecule has 92 valence electrons. The monoisotopic (exact) mass is 238 g/mol. The number of aliphatic carboxylic acids is 1. The Balaban J connectivity index is 2.34. The lowest BCUT2D eigenvalue weighted by Gasteiger charge is -2.06. The van der Waals surface area contributed by atoms with Crippen LogP contribution in [0.5, 0.6) is 5.75 Å². The van der Waals surface area contributed by atoms with E-state index in [0.29, 0.717) is 0 Å². The van der Waals surface area contributed by atoms with E-state index in [1.165, 1.54) is 13.2 Å². The smallest absolute Gasteiger partial charge is 0.307 e. The van der Waals surface area contributed by atoms with Gasteiger partial charge in [-0.25, -0.2) is 4.39 Å². The molecule has 0 aliphatic heterocycles. The Morgan fingerprint density at radius 1 is 1.47 bits per heavy atom. The molecule has 1 aromatic rings. The molecule has 1 aliphatic carbocycles. The van der Waals surface area contributed by atoms with Crippen LogP contribution in [0.4, 0.5) is 4.39 Å². The third kappa shape index (κ3) is 1.77. The predicted octanol–water partition coefficient (Wildman–Crippen LogP) is 2.66. The first-order chi connectivity index (χ1) is 7.89. The molecule has 0 saturated heterocycles. The molecule has 17 heavy (non-hydrogen) atoms. The molecule has 1 aliphatic rings. The molecule has 1 fully saturated rings. The molecule has 2 atom stereocenters. The molecule has 0 radical (unpaired) electrons. The van der Waals surface area contributed by atoms with Crippen molar-refractivity contribution in [1.29, 1.82) is 0 Å². The highest BCUT2D eigenvalue weighted by atomic mass is 19.1. The average Bonchev–Trinajstić information content (AvgIpc) is 2.82. The van der Waals surface area contributed by atoms with Crippen LogP contribution in [0.2, 0.25) is 0 Å². The lowest BCUT2D eigenvalue weighted by molar-refractivity contribution is -0.139. The molecular weight excluding hydrogens is 223 g/mol. The Bertz CT molecular complexity index is 468. The molecule has 1 aromatic carbocycles. The Hall–Kier alpha value is -1.58. The molecule has 3 nitrogen and oxygen atoms in total. The van der Waals surface area contributed by atoms with E-state index in [1.807, 2.05) is 13.8 Å². The van der Waals surface area contributed by atoms with E-state index >= 15 is 0 Å². The summed E-state index contributed by atoms with van der Waals surface area (Å²) in [5, 5.41) is 9.10. The maximum Gasteiger partial charge on any atom is 0.307 e. The van der Waals surface area contributed by atoms with Crippen LogP contribution in [-0.4, -0.2) is 18.2 Å². The maximum absolute atomic E-state index is 13.3. The number of carboxylic acid groups (broad SMARTS) is 1. The molecule has 0 spiro atoms. The minimum Gasteiger partial charge on any atom is -0.494 e. The number of methoxy groups -OCH3 is 1. The fourth-order valence-corrected chi connectivity index (χ4v) is 2.59. The molecule has 1 saturated carbocycles. The number of carboxylic acids is 1. The third-order valence-corrected chi connectivity index (χ3v) is 3.63. The molecule has 0 aromatic heterocycles. The zero-order valence-electron chi connectivity index (χ0n) is 10.0. The van der Waals surface area contributed by atoms with Gasteiger partial charge in [0.05, 0.1) is 13.0 Å². The summed E-state index contributed by atoms with van der Waals surface area (Å²) in [7, 11) is 1.40. The highest BCUT2D eigenvalue weighted by molar-refractivity contribution is 5.77. The van der Waals surface area contributed by atoms with Crippen molar-refractivity contribution in [3.63, 3.8) is 0 Å². The van der Waals surface area contributed by atoms with Gasteiger partial charge in [0.25, 0.3) is 0 Å².